The molecule has 0 unspecified atom stereocenters. The minimum Gasteiger partial charge on any atom is -0.492 e. The fourth-order valence-electron chi connectivity index (χ4n) is 2.32. The zero-order chi connectivity index (χ0) is 16.3. The van der Waals surface area contributed by atoms with Crippen LogP contribution in [0.4, 0.5) is 0 Å². The fraction of sp³-hybridized carbons (Fsp3) is 0.438. The van der Waals surface area contributed by atoms with Crippen LogP contribution in [0.5, 0.6) is 5.75 Å². The molecule has 0 radical (unpaired) electrons. The molecule has 0 bridgehead atoms. The summed E-state index contributed by atoms with van der Waals surface area (Å²) in [5.41, 5.74) is 0.217. The summed E-state index contributed by atoms with van der Waals surface area (Å²) in [5, 5.41) is 0.310. The summed E-state index contributed by atoms with van der Waals surface area (Å²) in [6.45, 7) is 4.36. The number of aryl methyl sites for hydroxylation is 2. The third kappa shape index (κ3) is 2.50. The lowest BCUT2D eigenvalue weighted by Crippen LogP contribution is -2.39. The third-order valence-corrected chi connectivity index (χ3v) is 3.46. The summed E-state index contributed by atoms with van der Waals surface area (Å²) in [5.74, 6) is 2.84. The average Bonchev–Trinajstić information content (AvgIpc) is 2.53. The number of nitrogens with zero attached hydrogens (tertiary/aromatic N) is 3. The first-order valence-corrected chi connectivity index (χ1v) is 7.24. The molecular weight excluding hydrogens is 282 g/mol. The van der Waals surface area contributed by atoms with Crippen molar-refractivity contribution in [3.8, 4) is 18.1 Å². The summed E-state index contributed by atoms with van der Waals surface area (Å²) < 4.78 is 8.13. The van der Waals surface area contributed by atoms with E-state index in [0.29, 0.717) is 29.8 Å². The molecule has 2 aromatic heterocycles. The Morgan fingerprint density at radius 3 is 2.68 bits per heavy atom. The Labute approximate surface area is 128 Å². The number of fused-ring (bicyclic) bond motifs is 1. The molecular formula is C16H19N3O3. The number of pyridine rings is 1. The lowest BCUT2D eigenvalue weighted by molar-refractivity contribution is 0.317. The van der Waals surface area contributed by atoms with Crippen LogP contribution in [0.2, 0.25) is 0 Å². The average molecular weight is 301 g/mol. The smallest absolute Gasteiger partial charge is 0.333 e. The molecule has 0 saturated carbocycles. The Bertz CT molecular complexity index is 856. The molecule has 0 spiro atoms. The van der Waals surface area contributed by atoms with Gasteiger partial charge in [0.2, 0.25) is 0 Å². The van der Waals surface area contributed by atoms with Crippen molar-refractivity contribution in [1.29, 1.82) is 0 Å². The Morgan fingerprint density at radius 1 is 1.36 bits per heavy atom. The molecule has 2 aromatic rings. The predicted molar refractivity (Wildman–Crippen MR) is 85.2 cm³/mol. The van der Waals surface area contributed by atoms with Gasteiger partial charge in [0.05, 0.1) is 13.2 Å². The van der Waals surface area contributed by atoms with Gasteiger partial charge in [-0.05, 0) is 12.8 Å². The van der Waals surface area contributed by atoms with E-state index in [0.717, 1.165) is 16.6 Å². The maximum Gasteiger partial charge on any atom is 0.333 e. The normalized spacial score (nSPS) is 10.6. The molecule has 2 heterocycles. The second kappa shape index (κ2) is 6.48. The third-order valence-electron chi connectivity index (χ3n) is 3.46. The van der Waals surface area contributed by atoms with Crippen molar-refractivity contribution in [3.05, 3.63) is 32.6 Å². The predicted octanol–water partition coefficient (Wildman–Crippen LogP) is 1.08. The summed E-state index contributed by atoms with van der Waals surface area (Å²) in [6.07, 6.45) is 8.41. The van der Waals surface area contributed by atoms with Gasteiger partial charge in [0.15, 0.2) is 5.65 Å². The highest BCUT2D eigenvalue weighted by molar-refractivity contribution is 5.82. The van der Waals surface area contributed by atoms with E-state index in [9.17, 15) is 9.59 Å². The molecule has 0 fully saturated rings. The largest absolute Gasteiger partial charge is 0.492 e. The fourth-order valence-corrected chi connectivity index (χ4v) is 2.32. The molecule has 0 aliphatic heterocycles. The molecule has 0 aromatic carbocycles. The Hall–Kier alpha value is -2.55. The van der Waals surface area contributed by atoms with Crippen molar-refractivity contribution in [2.24, 2.45) is 7.05 Å². The van der Waals surface area contributed by atoms with E-state index < -0.39 is 11.2 Å². The highest BCUT2D eigenvalue weighted by Gasteiger charge is 2.18. The number of ether oxygens (including phenoxy) is 1. The van der Waals surface area contributed by atoms with E-state index in [1.54, 1.807) is 13.2 Å². The molecule has 0 N–H and O–H groups in total. The number of aromatic nitrogens is 3. The van der Waals surface area contributed by atoms with E-state index in [4.69, 9.17) is 11.2 Å². The molecule has 6 nitrogen and oxygen atoms in total. The van der Waals surface area contributed by atoms with E-state index in [1.165, 1.54) is 4.57 Å². The lowest BCUT2D eigenvalue weighted by Gasteiger charge is -2.15. The first kappa shape index (κ1) is 15.8. The van der Waals surface area contributed by atoms with Gasteiger partial charge in [0, 0.05) is 18.8 Å². The van der Waals surface area contributed by atoms with E-state index in [2.05, 4.69) is 10.9 Å². The van der Waals surface area contributed by atoms with Crippen molar-refractivity contribution in [2.45, 2.75) is 33.2 Å². The summed E-state index contributed by atoms with van der Waals surface area (Å²) in [6, 6.07) is 0. The molecule has 6 heteroatoms. The maximum absolute atomic E-state index is 12.7. The van der Waals surface area contributed by atoms with Crippen molar-refractivity contribution < 1.29 is 4.74 Å². The molecule has 116 valence electrons. The van der Waals surface area contributed by atoms with Crippen molar-refractivity contribution in [3.63, 3.8) is 0 Å². The van der Waals surface area contributed by atoms with Crippen LogP contribution in [-0.4, -0.2) is 20.7 Å². The molecule has 0 atom stereocenters. The maximum atomic E-state index is 12.7. The second-order valence-corrected chi connectivity index (χ2v) is 4.95. The number of rotatable bonds is 5. The van der Waals surface area contributed by atoms with Crippen molar-refractivity contribution in [1.82, 2.24) is 14.1 Å². The summed E-state index contributed by atoms with van der Waals surface area (Å²) >= 11 is 0. The van der Waals surface area contributed by atoms with Gasteiger partial charge in [-0.15, -0.1) is 6.42 Å². The Kier molecular flexibility index (Phi) is 4.66. The van der Waals surface area contributed by atoms with Crippen LogP contribution in [0, 0.1) is 12.3 Å². The van der Waals surface area contributed by atoms with E-state index >= 15 is 0 Å². The number of hydrogen-bond donors (Lipinski definition) is 0. The minimum absolute atomic E-state index is 0.0784. The molecule has 22 heavy (non-hydrogen) atoms. The molecule has 0 saturated heterocycles. The van der Waals surface area contributed by atoms with Gasteiger partial charge in [0.1, 0.15) is 11.1 Å². The molecule has 0 aliphatic carbocycles. The lowest BCUT2D eigenvalue weighted by atomic mass is 10.1. The minimum atomic E-state index is -0.478. The van der Waals surface area contributed by atoms with Crippen LogP contribution in [0.3, 0.4) is 0 Å². The van der Waals surface area contributed by atoms with Gasteiger partial charge in [0.25, 0.3) is 5.56 Å². The highest BCUT2D eigenvalue weighted by Crippen LogP contribution is 2.25. The van der Waals surface area contributed by atoms with Gasteiger partial charge in [-0.1, -0.05) is 19.8 Å². The molecule has 0 aliphatic rings. The van der Waals surface area contributed by atoms with Crippen molar-refractivity contribution in [2.75, 3.05) is 6.61 Å². The Balaban J connectivity index is 2.93. The van der Waals surface area contributed by atoms with Crippen LogP contribution in [0.1, 0.15) is 25.8 Å². The van der Waals surface area contributed by atoms with Crippen LogP contribution >= 0.6 is 0 Å². The monoisotopic (exact) mass is 301 g/mol. The van der Waals surface area contributed by atoms with Gasteiger partial charge in [-0.25, -0.2) is 14.3 Å². The summed E-state index contributed by atoms with van der Waals surface area (Å²) in [7, 11) is 1.57. The first-order chi connectivity index (χ1) is 10.6. The molecule has 2 rings (SSSR count). The SMILES string of the molecule is C#CCn1c(=O)c2c(OCCC)c(CC)cnc2n(C)c1=O. The zero-order valence-corrected chi connectivity index (χ0v) is 13.0. The highest BCUT2D eigenvalue weighted by atomic mass is 16.5. The van der Waals surface area contributed by atoms with Gasteiger partial charge in [-0.2, -0.15) is 0 Å². The van der Waals surface area contributed by atoms with Gasteiger partial charge >= 0.3 is 5.69 Å². The van der Waals surface area contributed by atoms with Crippen molar-refractivity contribution >= 4 is 11.0 Å². The summed E-state index contributed by atoms with van der Waals surface area (Å²) in [4.78, 5) is 29.2. The van der Waals surface area contributed by atoms with Crippen LogP contribution < -0.4 is 16.0 Å². The van der Waals surface area contributed by atoms with Crippen LogP contribution in [0.15, 0.2) is 15.8 Å². The standard InChI is InChI=1S/C16H19N3O3/c1-5-8-19-15(20)12-13(22-9-6-2)11(7-3)10-17-14(12)18(4)16(19)21/h1,10H,6-9H2,2-4H3. The van der Waals surface area contributed by atoms with Crippen LogP contribution in [0.25, 0.3) is 11.0 Å². The second-order valence-electron chi connectivity index (χ2n) is 4.95. The van der Waals surface area contributed by atoms with E-state index in [-0.39, 0.29) is 6.54 Å². The topological polar surface area (TPSA) is 66.1 Å². The van der Waals surface area contributed by atoms with E-state index in [1.807, 2.05) is 13.8 Å². The number of hydrogen-bond acceptors (Lipinski definition) is 4. The van der Waals surface area contributed by atoms with Gasteiger partial charge < -0.3 is 4.74 Å². The number of terminal acetylenes is 1. The van der Waals surface area contributed by atoms with Crippen LogP contribution in [-0.2, 0) is 20.0 Å². The molecule has 0 amide bonds. The van der Waals surface area contributed by atoms with Gasteiger partial charge in [-0.3, -0.25) is 9.36 Å². The Morgan fingerprint density at radius 2 is 2.09 bits per heavy atom. The zero-order valence-electron chi connectivity index (χ0n) is 13.0. The first-order valence-electron chi connectivity index (χ1n) is 7.24. The quantitative estimate of drug-likeness (QED) is 0.775.